The van der Waals surface area contributed by atoms with Crippen LogP contribution in [-0.4, -0.2) is 154 Å². The maximum absolute atomic E-state index is 11.2. The van der Waals surface area contributed by atoms with Gasteiger partial charge in [-0.05, 0) is 197 Å². The minimum Gasteiger partial charge on any atom is -0.508 e. The highest BCUT2D eigenvalue weighted by atomic mass is 35.5. The number of halogens is 1. The number of carboxylic acid groups (broad SMARTS) is 5. The van der Waals surface area contributed by atoms with Crippen LogP contribution >= 0.6 is 11.6 Å². The van der Waals surface area contributed by atoms with Gasteiger partial charge in [0, 0.05) is 58.8 Å². The molecule has 0 aliphatic carbocycles. The van der Waals surface area contributed by atoms with Gasteiger partial charge in [-0.1, -0.05) is 71.8 Å². The van der Waals surface area contributed by atoms with E-state index in [0.717, 1.165) is 95.4 Å². The van der Waals surface area contributed by atoms with Crippen molar-refractivity contribution in [3.05, 3.63) is 304 Å². The number of aromatic hydroxyl groups is 2. The van der Waals surface area contributed by atoms with Gasteiger partial charge in [0.05, 0.1) is 107 Å². The minimum atomic E-state index is -1.02. The quantitative estimate of drug-likeness (QED) is 0.0445. The number of nitrogens with zero attached hydrogens (tertiary/aromatic N) is 15. The highest BCUT2D eigenvalue weighted by molar-refractivity contribution is 6.32. The van der Waals surface area contributed by atoms with Crippen molar-refractivity contribution in [1.82, 2.24) is 73.8 Å². The zero-order valence-corrected chi connectivity index (χ0v) is 63.3. The maximum Gasteiger partial charge on any atom is 0.335 e. The molecule has 0 saturated heterocycles. The van der Waals surface area contributed by atoms with Gasteiger partial charge in [0.2, 0.25) is 0 Å². The smallest absolute Gasteiger partial charge is 0.335 e. The summed E-state index contributed by atoms with van der Waals surface area (Å²) >= 11 is 6.08. The van der Waals surface area contributed by atoms with Crippen LogP contribution in [0, 0.1) is 48.5 Å². The predicted octanol–water partition coefficient (Wildman–Crippen LogP) is 15.4. The average molecular weight is 1550 g/mol. The molecule has 574 valence electrons. The second-order valence-corrected chi connectivity index (χ2v) is 25.9. The number of pyridine rings is 5. The first-order valence-electron chi connectivity index (χ1n) is 34.6. The van der Waals surface area contributed by atoms with Crippen LogP contribution in [0.15, 0.2) is 232 Å². The van der Waals surface area contributed by atoms with Gasteiger partial charge in [0.1, 0.15) is 23.0 Å². The largest absolute Gasteiger partial charge is 0.508 e. The van der Waals surface area contributed by atoms with Crippen molar-refractivity contribution in [2.45, 2.75) is 48.5 Å². The molecule has 30 heteroatoms. The first-order valence-corrected chi connectivity index (χ1v) is 34.9. The molecule has 10 aromatic heterocycles. The number of hydrogen-bond donors (Lipinski definition) is 7. The summed E-state index contributed by atoms with van der Waals surface area (Å²) in [4.78, 5) is 76.8. The molecule has 15 aromatic rings. The number of benzene rings is 5. The van der Waals surface area contributed by atoms with Crippen LogP contribution in [0.25, 0.3) is 85.4 Å². The van der Waals surface area contributed by atoms with Gasteiger partial charge in [-0.2, -0.15) is 25.5 Å². The lowest BCUT2D eigenvalue weighted by Crippen LogP contribution is -2.05. The second-order valence-electron chi connectivity index (χ2n) is 25.5. The Hall–Kier alpha value is -15.3. The Kier molecular flexibility index (Phi) is 24.8. The molecule has 0 fully saturated rings. The Labute approximate surface area is 655 Å². The molecular weight excluding hydrogens is 1480 g/mol. The molecule has 0 bridgehead atoms. The first-order chi connectivity index (χ1) is 54.7. The number of phenols is 2. The van der Waals surface area contributed by atoms with E-state index < -0.39 is 29.8 Å². The number of ether oxygens (including phenoxy) is 2. The van der Waals surface area contributed by atoms with Gasteiger partial charge in [0.25, 0.3) is 0 Å². The molecule has 29 nitrogen and oxygen atoms in total. The van der Waals surface area contributed by atoms with E-state index in [0.29, 0.717) is 39.9 Å². The van der Waals surface area contributed by atoms with Gasteiger partial charge >= 0.3 is 29.8 Å². The summed E-state index contributed by atoms with van der Waals surface area (Å²) in [6, 6.07) is 48.0. The zero-order chi connectivity index (χ0) is 81.6. The summed E-state index contributed by atoms with van der Waals surface area (Å²) in [5, 5.41) is 87.0. The van der Waals surface area contributed by atoms with E-state index in [4.69, 9.17) is 41.5 Å². The van der Waals surface area contributed by atoms with E-state index in [9.17, 15) is 39.3 Å². The lowest BCUT2D eigenvalue weighted by atomic mass is 10.1. The number of hydrogen-bond acceptors (Lipinski definition) is 19. The van der Waals surface area contributed by atoms with Gasteiger partial charge < -0.3 is 45.2 Å². The fraction of sp³-hybridized carbons (Fsp3) is 0.107. The average Bonchev–Trinajstić information content (AvgIpc) is 1.67. The Morgan fingerprint density at radius 3 is 0.991 bits per heavy atom. The molecule has 10 heterocycles. The third-order valence-corrected chi connectivity index (χ3v) is 17.9. The van der Waals surface area contributed by atoms with Crippen molar-refractivity contribution in [2.24, 2.45) is 0 Å². The summed E-state index contributed by atoms with van der Waals surface area (Å²) in [5.74, 6) is -1.13. The Balaban J connectivity index is 0.000000141. The third kappa shape index (κ3) is 18.4. The summed E-state index contributed by atoms with van der Waals surface area (Å²) in [5.41, 5.74) is 16.0. The number of rotatable bonds is 17. The Morgan fingerprint density at radius 2 is 0.632 bits per heavy atom. The molecule has 0 unspecified atom stereocenters. The van der Waals surface area contributed by atoms with Gasteiger partial charge in [-0.25, -0.2) is 72.3 Å². The van der Waals surface area contributed by atoms with Crippen LogP contribution in [0.5, 0.6) is 23.0 Å². The third-order valence-electron chi connectivity index (χ3n) is 17.6. The molecule has 0 aliphatic heterocycles. The maximum atomic E-state index is 11.2. The van der Waals surface area contributed by atoms with E-state index >= 15 is 0 Å². The monoisotopic (exact) mass is 1550 g/mol. The fourth-order valence-corrected chi connectivity index (χ4v) is 11.9. The highest BCUT2D eigenvalue weighted by Crippen LogP contribution is 2.36. The summed E-state index contributed by atoms with van der Waals surface area (Å²) in [7, 11) is 3.18. The van der Waals surface area contributed by atoms with Gasteiger partial charge in [-0.3, -0.25) is 0 Å². The predicted molar refractivity (Wildman–Crippen MR) is 423 cm³/mol. The summed E-state index contributed by atoms with van der Waals surface area (Å²) in [6.07, 6.45) is 15.7. The number of aromatic nitrogens is 15. The van der Waals surface area contributed by atoms with Crippen molar-refractivity contribution in [3.63, 3.8) is 0 Å². The molecule has 0 spiro atoms. The number of aryl methyl sites for hydroxylation is 7. The molecule has 15 rings (SSSR count). The van der Waals surface area contributed by atoms with Crippen LogP contribution in [0.4, 0.5) is 0 Å². The van der Waals surface area contributed by atoms with Crippen LogP contribution in [0.2, 0.25) is 5.02 Å². The molecule has 0 radical (unpaired) electrons. The molecule has 114 heavy (non-hydrogen) atoms. The van der Waals surface area contributed by atoms with Crippen molar-refractivity contribution < 1.29 is 69.2 Å². The second kappa shape index (κ2) is 35.4. The summed E-state index contributed by atoms with van der Waals surface area (Å²) in [6.45, 7) is 13.5. The van der Waals surface area contributed by atoms with E-state index in [1.54, 1.807) is 105 Å². The number of methoxy groups -OCH3 is 2. The molecule has 0 atom stereocenters. The van der Waals surface area contributed by atoms with Crippen LogP contribution in [0.1, 0.15) is 90.7 Å². The topological polar surface area (TPSA) is 399 Å². The van der Waals surface area contributed by atoms with Crippen LogP contribution < -0.4 is 9.47 Å². The van der Waals surface area contributed by atoms with E-state index in [2.05, 4.69) is 50.4 Å². The molecule has 0 saturated carbocycles. The Bertz CT molecular complexity index is 5920. The lowest BCUT2D eigenvalue weighted by molar-refractivity contribution is 0.0686. The lowest BCUT2D eigenvalue weighted by Gasteiger charge is -2.11. The molecule has 0 aliphatic rings. The molecule has 7 N–H and O–H groups in total. The van der Waals surface area contributed by atoms with Crippen molar-refractivity contribution in [2.75, 3.05) is 14.2 Å². The SMILES string of the molecule is COc1cc(-c2c(C)cnn2-c2cc(C(=O)O)ccn2)ccc1C.COc1cc(-c2c(C)cnn2-c2cc(C(=O)O)ccn2)ccc1Cl.Cc1ccc(-c2c(C)cnn2-c2cc(C(=O)O)ccn2)cc1O.Cc1ccc(-c2ccnn2-c2cc(C(=O)O)ccn2)cc1.Cc1cnn(-c2cc(C(=O)O)ccn2)c1-c1ccc(O)cc1. The number of carboxylic acids is 5. The van der Waals surface area contributed by atoms with Crippen molar-refractivity contribution in [1.29, 1.82) is 0 Å². The Morgan fingerprint density at radius 1 is 0.316 bits per heavy atom. The van der Waals surface area contributed by atoms with Crippen molar-refractivity contribution in [3.8, 4) is 108 Å². The van der Waals surface area contributed by atoms with E-state index in [1.165, 1.54) is 97.2 Å². The van der Waals surface area contributed by atoms with Crippen molar-refractivity contribution >= 4 is 41.4 Å². The number of carbonyl (C=O) groups is 5. The fourth-order valence-electron chi connectivity index (χ4n) is 11.7. The zero-order valence-electron chi connectivity index (χ0n) is 62.5. The standard InChI is InChI=1S/C18H17N3O3.C17H14ClN3O3.C17H15N3O3.C16H13N3O3.C16H13N3O2/c1-11-4-5-13(8-15(11)24-3)17-12(2)10-20-21(17)16-9-14(18(22)23)6-7-19-16;1-10-9-20-21(15-8-12(17(22)23)5-6-19-15)16(10)11-3-4-13(18)14(7-11)24-2;1-10-3-4-12(7-14(10)21)16-11(2)9-19-20(16)15-8-13(17(22)23)5-6-18-15;1-10-9-18-19(14-8-12(16(21)22)6-7-17-14)15(10)11-2-4-13(20)5-3-11;1-11-2-4-12(5-3-11)14-7-9-18-19(14)15-10-13(16(20)21)6-8-17-15/h4-10H,1-3H3,(H,22,23);3-9H,1-2H3,(H,22,23);3-9,21H,1-2H3,(H,22,23);2-9,20H,1H3,(H,21,22);2-10H,1H3,(H,20,21). The first kappa shape index (κ1) is 79.8. The molecular formula is C84H72ClN15O14. The summed E-state index contributed by atoms with van der Waals surface area (Å²) < 4.78 is 18.7. The van der Waals surface area contributed by atoms with E-state index in [1.807, 2.05) is 121 Å². The molecule has 0 amide bonds. The number of aromatic carboxylic acids is 5. The number of phenolic OH excluding ortho intramolecular Hbond substituents is 2. The normalized spacial score (nSPS) is 10.6. The molecule has 5 aromatic carbocycles. The van der Waals surface area contributed by atoms with E-state index in [-0.39, 0.29) is 39.3 Å². The van der Waals surface area contributed by atoms with Crippen LogP contribution in [-0.2, 0) is 0 Å². The van der Waals surface area contributed by atoms with Gasteiger partial charge in [0.15, 0.2) is 29.1 Å². The van der Waals surface area contributed by atoms with Crippen LogP contribution in [0.3, 0.4) is 0 Å². The minimum absolute atomic E-state index is 0.140. The highest BCUT2D eigenvalue weighted by Gasteiger charge is 2.22. The van der Waals surface area contributed by atoms with Gasteiger partial charge in [-0.15, -0.1) is 0 Å².